The van der Waals surface area contributed by atoms with Crippen molar-refractivity contribution in [2.45, 2.75) is 64.5 Å². The Morgan fingerprint density at radius 1 is 0.935 bits per heavy atom. The molecule has 2 heterocycles. The van der Waals surface area contributed by atoms with Crippen molar-refractivity contribution in [2.75, 3.05) is 11.4 Å². The molecular weight excluding hydrogens is 584 g/mol. The van der Waals surface area contributed by atoms with Crippen LogP contribution >= 0.6 is 0 Å². The Bertz CT molecular complexity index is 1600. The second kappa shape index (κ2) is 14.4. The normalized spacial score (nSPS) is 17.1. The van der Waals surface area contributed by atoms with Crippen LogP contribution in [-0.4, -0.2) is 61.7 Å². The summed E-state index contributed by atoms with van der Waals surface area (Å²) in [4.78, 5) is 45.4. The molecule has 0 bridgehead atoms. The molecule has 0 spiro atoms. The van der Waals surface area contributed by atoms with Crippen molar-refractivity contribution in [2.24, 2.45) is 17.6 Å². The molecular formula is C34H40N8O4. The quantitative estimate of drug-likeness (QED) is 0.239. The van der Waals surface area contributed by atoms with Gasteiger partial charge in [-0.15, -0.1) is 10.2 Å². The number of hydrogen-bond donors (Lipinski definition) is 3. The van der Waals surface area contributed by atoms with Gasteiger partial charge >= 0.3 is 6.09 Å². The smallest absolute Gasteiger partial charge is 0.407 e. The number of imide groups is 1. The van der Waals surface area contributed by atoms with E-state index in [-0.39, 0.29) is 24.2 Å². The van der Waals surface area contributed by atoms with E-state index < -0.39 is 23.6 Å². The number of rotatable bonds is 9. The minimum atomic E-state index is -0.943. The number of H-pyrrole nitrogens is 1. The van der Waals surface area contributed by atoms with Crippen molar-refractivity contribution in [3.8, 4) is 22.5 Å². The van der Waals surface area contributed by atoms with Gasteiger partial charge in [-0.05, 0) is 117 Å². The van der Waals surface area contributed by atoms with Crippen LogP contribution in [-0.2, 0) is 20.7 Å². The van der Waals surface area contributed by atoms with Crippen LogP contribution in [0.1, 0.15) is 52.0 Å². The van der Waals surface area contributed by atoms with Gasteiger partial charge in [0, 0.05) is 30.4 Å². The zero-order chi connectivity index (χ0) is 32.7. The van der Waals surface area contributed by atoms with E-state index in [1.54, 1.807) is 36.7 Å². The number of hydrogen-bond acceptors (Lipinski definition) is 9. The maximum Gasteiger partial charge on any atom is 0.407 e. The molecule has 4 aromatic rings. The lowest BCUT2D eigenvalue weighted by Gasteiger charge is -2.32. The molecule has 12 heteroatoms. The van der Waals surface area contributed by atoms with Crippen molar-refractivity contribution in [3.63, 3.8) is 0 Å². The number of nitrogens with two attached hydrogens (primary N) is 1. The number of nitrogens with one attached hydrogen (secondary N) is 2. The Morgan fingerprint density at radius 3 is 2.17 bits per heavy atom. The highest BCUT2D eigenvalue weighted by Crippen LogP contribution is 2.32. The highest BCUT2D eigenvalue weighted by molar-refractivity contribution is 6.17. The first kappa shape index (κ1) is 32.4. The molecule has 4 N–H and O–H groups in total. The Labute approximate surface area is 268 Å². The molecule has 0 radical (unpaired) electrons. The molecule has 1 atom stereocenters. The molecule has 0 saturated heterocycles. The number of amides is 3. The Hall–Kier alpha value is -4.97. The van der Waals surface area contributed by atoms with E-state index in [1.165, 1.54) is 4.90 Å². The van der Waals surface area contributed by atoms with Gasteiger partial charge < -0.3 is 15.8 Å². The molecule has 0 unspecified atom stereocenters. The van der Waals surface area contributed by atoms with Crippen LogP contribution in [0, 0.1) is 11.8 Å². The lowest BCUT2D eigenvalue weighted by molar-refractivity contribution is -0.130. The number of aromatic amines is 1. The Morgan fingerprint density at radius 2 is 1.57 bits per heavy atom. The molecule has 0 aliphatic heterocycles. The summed E-state index contributed by atoms with van der Waals surface area (Å²) in [6, 6.07) is 17.7. The van der Waals surface area contributed by atoms with E-state index in [0.717, 1.165) is 29.5 Å². The largest absolute Gasteiger partial charge is 0.444 e. The van der Waals surface area contributed by atoms with Gasteiger partial charge in [0.15, 0.2) is 0 Å². The molecule has 2 aromatic carbocycles. The number of benzene rings is 2. The predicted molar refractivity (Wildman–Crippen MR) is 173 cm³/mol. The summed E-state index contributed by atoms with van der Waals surface area (Å²) in [7, 11) is 0. The zero-order valence-electron chi connectivity index (χ0n) is 26.3. The van der Waals surface area contributed by atoms with Crippen molar-refractivity contribution in [1.29, 1.82) is 0 Å². The summed E-state index contributed by atoms with van der Waals surface area (Å²) in [6.07, 6.45) is 5.96. The second-order valence-electron chi connectivity index (χ2n) is 12.6. The number of aromatic nitrogens is 5. The third-order valence-corrected chi connectivity index (χ3v) is 8.04. The van der Waals surface area contributed by atoms with Crippen LogP contribution < -0.4 is 16.0 Å². The third kappa shape index (κ3) is 8.39. The van der Waals surface area contributed by atoms with Crippen molar-refractivity contribution in [1.82, 2.24) is 30.9 Å². The maximum absolute atomic E-state index is 14.1. The first-order valence-corrected chi connectivity index (χ1v) is 15.5. The zero-order valence-corrected chi connectivity index (χ0v) is 26.3. The van der Waals surface area contributed by atoms with Crippen molar-refractivity contribution >= 4 is 23.6 Å². The van der Waals surface area contributed by atoms with Crippen LogP contribution in [0.5, 0.6) is 0 Å². The molecule has 5 rings (SSSR count). The minimum absolute atomic E-state index is 0.215. The number of carbonyl (C=O) groups excluding carboxylic acids is 3. The van der Waals surface area contributed by atoms with Gasteiger partial charge in [-0.2, -0.15) is 5.21 Å². The maximum atomic E-state index is 14.1. The monoisotopic (exact) mass is 624 g/mol. The molecule has 1 aliphatic carbocycles. The fourth-order valence-corrected chi connectivity index (χ4v) is 5.63. The van der Waals surface area contributed by atoms with Crippen LogP contribution in [0.25, 0.3) is 22.5 Å². The van der Waals surface area contributed by atoms with Crippen LogP contribution in [0.2, 0.25) is 0 Å². The van der Waals surface area contributed by atoms with E-state index in [9.17, 15) is 14.4 Å². The fourth-order valence-electron chi connectivity index (χ4n) is 5.63. The van der Waals surface area contributed by atoms with Crippen molar-refractivity contribution < 1.29 is 19.1 Å². The average Bonchev–Trinajstić information content (AvgIpc) is 3.60. The first-order chi connectivity index (χ1) is 22.1. The summed E-state index contributed by atoms with van der Waals surface area (Å²) in [5.41, 5.74) is 10.0. The van der Waals surface area contributed by atoms with E-state index >= 15 is 0 Å². The SMILES string of the molecule is CC(C)(C)OC(=O)NCC1CCC(C(=O)N(C(=O)[C@@H](N)Cc2ccc(-c3ccncc3)cc2)c2ccc(-c3nn[nH]n3)cc2)CC1. The molecule has 3 amide bonds. The summed E-state index contributed by atoms with van der Waals surface area (Å²) in [5, 5.41) is 16.9. The summed E-state index contributed by atoms with van der Waals surface area (Å²) in [6.45, 7) is 5.93. The topological polar surface area (TPSA) is 169 Å². The number of anilines is 1. The molecule has 1 fully saturated rings. The number of tetrazole rings is 1. The van der Waals surface area contributed by atoms with Crippen LogP contribution in [0.3, 0.4) is 0 Å². The van der Waals surface area contributed by atoms with Gasteiger partial charge in [0.25, 0.3) is 5.91 Å². The minimum Gasteiger partial charge on any atom is -0.444 e. The van der Waals surface area contributed by atoms with Gasteiger partial charge in [-0.3, -0.25) is 14.6 Å². The first-order valence-electron chi connectivity index (χ1n) is 15.5. The molecule has 2 aromatic heterocycles. The van der Waals surface area contributed by atoms with Gasteiger partial charge in [0.2, 0.25) is 11.7 Å². The second-order valence-corrected chi connectivity index (χ2v) is 12.6. The van der Waals surface area contributed by atoms with E-state index in [0.29, 0.717) is 36.5 Å². The van der Waals surface area contributed by atoms with E-state index in [4.69, 9.17) is 10.5 Å². The van der Waals surface area contributed by atoms with Crippen LogP contribution in [0.4, 0.5) is 10.5 Å². The average molecular weight is 625 g/mol. The van der Waals surface area contributed by atoms with Gasteiger partial charge in [0.1, 0.15) is 5.60 Å². The molecule has 46 heavy (non-hydrogen) atoms. The Kier molecular flexibility index (Phi) is 10.2. The molecule has 12 nitrogen and oxygen atoms in total. The summed E-state index contributed by atoms with van der Waals surface area (Å²) < 4.78 is 5.34. The van der Waals surface area contributed by atoms with E-state index in [2.05, 4.69) is 30.9 Å². The number of alkyl carbamates (subject to hydrolysis) is 1. The highest BCUT2D eigenvalue weighted by Gasteiger charge is 2.35. The number of pyridine rings is 1. The standard InChI is InChI=1S/C34H40N8O4/c1-34(2,3)46-33(45)37-21-23-6-10-27(11-7-23)31(43)42(28-14-12-26(13-15-28)30-38-40-41-39-30)32(44)29(35)20-22-4-8-24(9-5-22)25-16-18-36-19-17-25/h4-5,8-9,12-19,23,27,29H,6-7,10-11,20-21,35H2,1-3H3,(H,37,45)(H,38,39,40,41)/t23?,27?,29-/m0/s1. The highest BCUT2D eigenvalue weighted by atomic mass is 16.6. The molecule has 240 valence electrons. The van der Waals surface area contributed by atoms with Gasteiger partial charge in [-0.1, -0.05) is 24.3 Å². The van der Waals surface area contributed by atoms with E-state index in [1.807, 2.05) is 57.2 Å². The summed E-state index contributed by atoms with van der Waals surface area (Å²) >= 11 is 0. The lowest BCUT2D eigenvalue weighted by atomic mass is 9.81. The van der Waals surface area contributed by atoms with Gasteiger partial charge in [0.05, 0.1) is 11.7 Å². The number of carbonyl (C=O) groups is 3. The van der Waals surface area contributed by atoms with Crippen molar-refractivity contribution in [3.05, 3.63) is 78.6 Å². The predicted octanol–water partition coefficient (Wildman–Crippen LogP) is 4.69. The lowest BCUT2D eigenvalue weighted by Crippen LogP contribution is -2.50. The number of nitrogens with zero attached hydrogens (tertiary/aromatic N) is 5. The Balaban J connectivity index is 1.28. The summed E-state index contributed by atoms with van der Waals surface area (Å²) in [5.74, 6) is -0.484. The van der Waals surface area contributed by atoms with Crippen LogP contribution in [0.15, 0.2) is 73.1 Å². The fraction of sp³-hybridized carbons (Fsp3) is 0.382. The number of ether oxygens (including phenoxy) is 1. The molecule has 1 saturated carbocycles. The molecule has 1 aliphatic rings. The van der Waals surface area contributed by atoms with Gasteiger partial charge in [-0.25, -0.2) is 9.69 Å². The third-order valence-electron chi connectivity index (χ3n) is 8.04.